The number of nitrogens with zero attached hydrogens (tertiary/aromatic N) is 1. The molecule has 2 N–H and O–H groups in total. The summed E-state index contributed by atoms with van der Waals surface area (Å²) in [6, 6.07) is 12.8. The Morgan fingerprint density at radius 2 is 1.20 bits per heavy atom. The second-order valence-electron chi connectivity index (χ2n) is 9.65. The maximum absolute atomic E-state index is 12.7. The van der Waals surface area contributed by atoms with Crippen molar-refractivity contribution in [1.29, 1.82) is 0 Å². The fourth-order valence-corrected chi connectivity index (χ4v) is 4.33. The van der Waals surface area contributed by atoms with Crippen molar-refractivity contribution in [2.75, 3.05) is 49.2 Å². The van der Waals surface area contributed by atoms with Gasteiger partial charge in [-0.25, -0.2) is 10.2 Å². The number of hydrogen-bond donors (Lipinski definition) is 2. The van der Waals surface area contributed by atoms with Gasteiger partial charge >= 0.3 is 5.97 Å². The van der Waals surface area contributed by atoms with Gasteiger partial charge in [0.15, 0.2) is 23.0 Å². The van der Waals surface area contributed by atoms with Gasteiger partial charge in [-0.15, -0.1) is 0 Å². The number of unbranched alkanes of at least 4 members (excludes halogenated alkanes) is 2. The van der Waals surface area contributed by atoms with Crippen LogP contribution in [-0.2, 0) is 4.79 Å². The van der Waals surface area contributed by atoms with Gasteiger partial charge in [-0.3, -0.25) is 9.59 Å². The number of ether oxygens (including phenoxy) is 7. The maximum atomic E-state index is 12.7. The Morgan fingerprint density at radius 1 is 0.674 bits per heavy atom. The van der Waals surface area contributed by atoms with E-state index in [-0.39, 0.29) is 23.8 Å². The zero-order valence-corrected chi connectivity index (χ0v) is 26.8. The van der Waals surface area contributed by atoms with Crippen LogP contribution in [0.15, 0.2) is 53.6 Å². The van der Waals surface area contributed by atoms with Gasteiger partial charge < -0.3 is 38.5 Å². The van der Waals surface area contributed by atoms with Crippen molar-refractivity contribution in [2.45, 2.75) is 25.7 Å². The zero-order chi connectivity index (χ0) is 33.5. The predicted octanol–water partition coefficient (Wildman–Crippen LogP) is 4.40. The molecule has 0 aliphatic rings. The molecule has 0 spiro atoms. The van der Waals surface area contributed by atoms with Gasteiger partial charge in [0.2, 0.25) is 17.4 Å². The second-order valence-corrected chi connectivity index (χ2v) is 9.65. The quantitative estimate of drug-likeness (QED) is 0.0716. The molecule has 3 aromatic carbocycles. The first-order valence-corrected chi connectivity index (χ1v) is 14.3. The van der Waals surface area contributed by atoms with E-state index in [1.807, 2.05) is 0 Å². The SMILES string of the molecule is COc1cc(C(=O)NCCCCCC(=O)N/N=C/c2ccc(OC(=O)c3cc(OC)c(OC)c(OC)c3)cc2)cc(OC)c1OC. The number of carbonyl (C=O) groups is 3. The molecule has 0 fully saturated rings. The zero-order valence-electron chi connectivity index (χ0n) is 26.8. The summed E-state index contributed by atoms with van der Waals surface area (Å²) >= 11 is 0. The normalized spacial score (nSPS) is 10.6. The molecule has 0 unspecified atom stereocenters. The molecule has 0 heterocycles. The molecule has 46 heavy (non-hydrogen) atoms. The number of hydrogen-bond acceptors (Lipinski definition) is 11. The summed E-state index contributed by atoms with van der Waals surface area (Å²) < 4.78 is 37.2. The Balaban J connectivity index is 1.38. The number of nitrogens with one attached hydrogen (secondary N) is 2. The average Bonchev–Trinajstić information content (AvgIpc) is 3.08. The van der Waals surface area contributed by atoms with Crippen molar-refractivity contribution >= 4 is 24.0 Å². The number of esters is 1. The standard InChI is InChI=1S/C33H39N3O10/c1-40-25-16-22(17-26(41-2)30(25)44-5)32(38)34-15-9-7-8-10-29(37)36-35-20-21-11-13-24(14-12-21)46-33(39)23-18-27(42-3)31(45-6)28(19-23)43-4/h11-14,16-20H,7-10,15H2,1-6H3,(H,34,38)(H,36,37)/b35-20+. The molecule has 0 atom stereocenters. The van der Waals surface area contributed by atoms with Crippen LogP contribution in [0.5, 0.6) is 40.2 Å². The first kappa shape index (κ1) is 35.0. The third-order valence-corrected chi connectivity index (χ3v) is 6.69. The lowest BCUT2D eigenvalue weighted by molar-refractivity contribution is -0.121. The highest BCUT2D eigenvalue weighted by atomic mass is 16.5. The Bertz CT molecular complexity index is 1470. The van der Waals surface area contributed by atoms with Crippen molar-refractivity contribution < 1.29 is 47.5 Å². The molecule has 2 amide bonds. The van der Waals surface area contributed by atoms with E-state index in [0.29, 0.717) is 70.8 Å². The minimum absolute atomic E-state index is 0.225. The summed E-state index contributed by atoms with van der Waals surface area (Å²) in [6.07, 6.45) is 3.84. The highest BCUT2D eigenvalue weighted by Crippen LogP contribution is 2.39. The van der Waals surface area contributed by atoms with Crippen LogP contribution in [0.25, 0.3) is 0 Å². The third kappa shape index (κ3) is 9.52. The number of amides is 2. The number of carbonyl (C=O) groups excluding carboxylic acids is 3. The molecule has 13 heteroatoms. The van der Waals surface area contributed by atoms with E-state index in [1.54, 1.807) is 36.4 Å². The van der Waals surface area contributed by atoms with Gasteiger partial charge in [-0.2, -0.15) is 5.10 Å². The molecule has 13 nitrogen and oxygen atoms in total. The first-order chi connectivity index (χ1) is 22.3. The topological polar surface area (TPSA) is 152 Å². The van der Waals surface area contributed by atoms with Crippen molar-refractivity contribution in [3.8, 4) is 40.2 Å². The molecule has 0 bridgehead atoms. The number of benzene rings is 3. The van der Waals surface area contributed by atoms with E-state index in [4.69, 9.17) is 33.2 Å². The van der Waals surface area contributed by atoms with Gasteiger partial charge in [-0.1, -0.05) is 6.42 Å². The average molecular weight is 638 g/mol. The highest BCUT2D eigenvalue weighted by Gasteiger charge is 2.19. The minimum atomic E-state index is -0.603. The van der Waals surface area contributed by atoms with Crippen molar-refractivity contribution in [3.63, 3.8) is 0 Å². The van der Waals surface area contributed by atoms with Crippen molar-refractivity contribution in [3.05, 3.63) is 65.2 Å². The van der Waals surface area contributed by atoms with Crippen LogP contribution in [0.1, 0.15) is 52.0 Å². The molecule has 0 aliphatic carbocycles. The lowest BCUT2D eigenvalue weighted by atomic mass is 10.1. The smallest absolute Gasteiger partial charge is 0.343 e. The largest absolute Gasteiger partial charge is 0.493 e. The molecule has 3 rings (SSSR count). The predicted molar refractivity (Wildman–Crippen MR) is 170 cm³/mol. The number of rotatable bonds is 17. The molecule has 3 aromatic rings. The molecular weight excluding hydrogens is 598 g/mol. The Labute approximate surface area is 267 Å². The van der Waals surface area contributed by atoms with Gasteiger partial charge in [-0.05, 0) is 66.9 Å². The summed E-state index contributed by atoms with van der Waals surface area (Å²) in [5.41, 5.74) is 3.80. The van der Waals surface area contributed by atoms with Gasteiger partial charge in [0.05, 0.1) is 54.4 Å². The van der Waals surface area contributed by atoms with E-state index in [1.165, 1.54) is 61.0 Å². The lowest BCUT2D eigenvalue weighted by Crippen LogP contribution is -2.24. The van der Waals surface area contributed by atoms with Crippen LogP contribution in [0, 0.1) is 0 Å². The lowest BCUT2D eigenvalue weighted by Gasteiger charge is -2.14. The van der Waals surface area contributed by atoms with Crippen LogP contribution in [-0.4, -0.2) is 73.2 Å². The molecule has 246 valence electrons. The van der Waals surface area contributed by atoms with Crippen molar-refractivity contribution in [2.24, 2.45) is 5.10 Å². The molecule has 0 radical (unpaired) electrons. The summed E-state index contributed by atoms with van der Waals surface area (Å²) in [7, 11) is 8.86. The number of hydrazone groups is 1. The summed E-state index contributed by atoms with van der Waals surface area (Å²) in [4.78, 5) is 37.4. The van der Waals surface area contributed by atoms with Crippen LogP contribution in [0.3, 0.4) is 0 Å². The van der Waals surface area contributed by atoms with E-state index in [2.05, 4.69) is 15.8 Å². The molecule has 0 aliphatic heterocycles. The van der Waals surface area contributed by atoms with Crippen LogP contribution in [0.2, 0.25) is 0 Å². The van der Waals surface area contributed by atoms with E-state index in [0.717, 1.165) is 6.42 Å². The Hall–Kier alpha value is -5.46. The van der Waals surface area contributed by atoms with Gasteiger partial charge in [0.1, 0.15) is 5.75 Å². The monoisotopic (exact) mass is 637 g/mol. The summed E-state index contributed by atoms with van der Waals surface area (Å²) in [5, 5.41) is 6.85. The van der Waals surface area contributed by atoms with Crippen LogP contribution >= 0.6 is 0 Å². The second kappa shape index (κ2) is 17.7. The Morgan fingerprint density at radius 3 is 1.70 bits per heavy atom. The van der Waals surface area contributed by atoms with Gasteiger partial charge in [0.25, 0.3) is 5.91 Å². The third-order valence-electron chi connectivity index (χ3n) is 6.69. The fraction of sp³-hybridized carbons (Fsp3) is 0.333. The first-order valence-electron chi connectivity index (χ1n) is 14.3. The molecule has 0 aromatic heterocycles. The van der Waals surface area contributed by atoms with E-state index < -0.39 is 5.97 Å². The number of methoxy groups -OCH3 is 6. The molecule has 0 saturated heterocycles. The summed E-state index contributed by atoms with van der Waals surface area (Å²) in [6.45, 7) is 0.447. The Kier molecular flexibility index (Phi) is 13.5. The van der Waals surface area contributed by atoms with Crippen LogP contribution < -0.4 is 43.9 Å². The minimum Gasteiger partial charge on any atom is -0.493 e. The maximum Gasteiger partial charge on any atom is 0.343 e. The van der Waals surface area contributed by atoms with E-state index in [9.17, 15) is 14.4 Å². The fourth-order valence-electron chi connectivity index (χ4n) is 4.33. The highest BCUT2D eigenvalue weighted by molar-refractivity contribution is 5.95. The van der Waals surface area contributed by atoms with Crippen molar-refractivity contribution in [1.82, 2.24) is 10.7 Å². The van der Waals surface area contributed by atoms with Gasteiger partial charge in [0, 0.05) is 18.5 Å². The van der Waals surface area contributed by atoms with Crippen LogP contribution in [0.4, 0.5) is 0 Å². The molecule has 0 saturated carbocycles. The van der Waals surface area contributed by atoms with E-state index >= 15 is 0 Å². The molecular formula is C33H39N3O10. The summed E-state index contributed by atoms with van der Waals surface area (Å²) in [5.74, 6) is 1.46.